The van der Waals surface area contributed by atoms with Crippen molar-refractivity contribution in [3.05, 3.63) is 56.5 Å². The molecule has 144 valence electrons. The second-order valence-electron chi connectivity index (χ2n) is 5.70. The van der Waals surface area contributed by atoms with Crippen molar-refractivity contribution in [3.63, 3.8) is 0 Å². The highest BCUT2D eigenvalue weighted by Crippen LogP contribution is 2.26. The van der Waals surface area contributed by atoms with Crippen molar-refractivity contribution in [1.29, 1.82) is 0 Å². The van der Waals surface area contributed by atoms with E-state index in [4.69, 9.17) is 9.47 Å². The van der Waals surface area contributed by atoms with Crippen LogP contribution in [0.4, 0.5) is 0 Å². The zero-order valence-electron chi connectivity index (χ0n) is 15.0. The Labute approximate surface area is 174 Å². The van der Waals surface area contributed by atoms with Crippen molar-refractivity contribution in [1.82, 2.24) is 10.9 Å². The molecule has 8 heteroatoms. The largest absolute Gasteiger partial charge is 0.492 e. The zero-order valence-corrected chi connectivity index (χ0v) is 18.1. The number of hydrazine groups is 1. The molecule has 0 atom stereocenters. The summed E-state index contributed by atoms with van der Waals surface area (Å²) in [4.78, 5) is 24.0. The van der Waals surface area contributed by atoms with E-state index >= 15 is 0 Å². The second-order valence-corrected chi connectivity index (χ2v) is 7.40. The Balaban J connectivity index is 1.82. The molecule has 0 aromatic heterocycles. The van der Waals surface area contributed by atoms with Crippen molar-refractivity contribution >= 4 is 43.7 Å². The predicted molar refractivity (Wildman–Crippen MR) is 110 cm³/mol. The fourth-order valence-corrected chi connectivity index (χ4v) is 2.80. The van der Waals surface area contributed by atoms with Crippen molar-refractivity contribution in [2.75, 3.05) is 13.2 Å². The number of hydrogen-bond donors (Lipinski definition) is 2. The lowest BCUT2D eigenvalue weighted by Gasteiger charge is -2.11. The highest BCUT2D eigenvalue weighted by Gasteiger charge is 2.11. The van der Waals surface area contributed by atoms with E-state index in [9.17, 15) is 9.59 Å². The van der Waals surface area contributed by atoms with E-state index in [-0.39, 0.29) is 6.61 Å². The quantitative estimate of drug-likeness (QED) is 0.561. The SMILES string of the molecule is CCCOc1ccc(C(=O)NNC(=O)COc2ccc(Br)c(C)c2)cc1Br. The Hall–Kier alpha value is -2.06. The van der Waals surface area contributed by atoms with Gasteiger partial charge in [0.05, 0.1) is 11.1 Å². The predicted octanol–water partition coefficient (Wildman–Crippen LogP) is 4.15. The van der Waals surface area contributed by atoms with Gasteiger partial charge < -0.3 is 9.47 Å². The van der Waals surface area contributed by atoms with Gasteiger partial charge in [-0.15, -0.1) is 0 Å². The van der Waals surface area contributed by atoms with E-state index < -0.39 is 11.8 Å². The number of benzene rings is 2. The summed E-state index contributed by atoms with van der Waals surface area (Å²) in [5.74, 6) is 0.330. The van der Waals surface area contributed by atoms with Gasteiger partial charge in [0.25, 0.3) is 11.8 Å². The number of rotatable bonds is 7. The molecule has 0 spiro atoms. The number of ether oxygens (including phenoxy) is 2. The fourth-order valence-electron chi connectivity index (χ4n) is 2.06. The van der Waals surface area contributed by atoms with Gasteiger partial charge in [-0.25, -0.2) is 0 Å². The highest BCUT2D eigenvalue weighted by molar-refractivity contribution is 9.10. The minimum absolute atomic E-state index is 0.213. The van der Waals surface area contributed by atoms with E-state index in [1.54, 1.807) is 24.3 Å². The van der Waals surface area contributed by atoms with Gasteiger partial charge in [0.1, 0.15) is 11.5 Å². The van der Waals surface area contributed by atoms with E-state index in [0.29, 0.717) is 28.1 Å². The Morgan fingerprint density at radius 3 is 2.44 bits per heavy atom. The second kappa shape index (κ2) is 10.3. The fraction of sp³-hybridized carbons (Fsp3) is 0.263. The number of carbonyl (C=O) groups excluding carboxylic acids is 2. The number of aryl methyl sites for hydroxylation is 1. The molecular formula is C19H20Br2N2O4. The van der Waals surface area contributed by atoms with Gasteiger partial charge in [-0.3, -0.25) is 20.4 Å². The zero-order chi connectivity index (χ0) is 19.8. The molecule has 2 amide bonds. The first-order valence-electron chi connectivity index (χ1n) is 8.31. The van der Waals surface area contributed by atoms with Gasteiger partial charge in [0, 0.05) is 10.0 Å². The molecule has 2 N–H and O–H groups in total. The van der Waals surface area contributed by atoms with Gasteiger partial charge >= 0.3 is 0 Å². The molecule has 0 aliphatic heterocycles. The molecule has 0 unspecified atom stereocenters. The van der Waals surface area contributed by atoms with E-state index in [2.05, 4.69) is 42.7 Å². The molecule has 0 radical (unpaired) electrons. The summed E-state index contributed by atoms with van der Waals surface area (Å²) in [6.45, 7) is 4.32. The molecule has 0 aliphatic carbocycles. The maximum atomic E-state index is 12.1. The van der Waals surface area contributed by atoms with Crippen molar-refractivity contribution in [3.8, 4) is 11.5 Å². The molecule has 27 heavy (non-hydrogen) atoms. The van der Waals surface area contributed by atoms with Crippen LogP contribution in [0, 0.1) is 6.92 Å². The van der Waals surface area contributed by atoms with Gasteiger partial charge in [-0.05, 0) is 71.2 Å². The monoisotopic (exact) mass is 498 g/mol. The third kappa shape index (κ3) is 6.55. The third-order valence-corrected chi connectivity index (χ3v) is 4.98. The molecule has 6 nitrogen and oxygen atoms in total. The smallest absolute Gasteiger partial charge is 0.276 e. The Morgan fingerprint density at radius 1 is 1.00 bits per heavy atom. The summed E-state index contributed by atoms with van der Waals surface area (Å²) < 4.78 is 12.6. The number of hydrogen-bond acceptors (Lipinski definition) is 4. The summed E-state index contributed by atoms with van der Waals surface area (Å²) in [7, 11) is 0. The van der Waals surface area contributed by atoms with Crippen LogP contribution in [-0.2, 0) is 4.79 Å². The van der Waals surface area contributed by atoms with E-state index in [1.807, 2.05) is 26.0 Å². The van der Waals surface area contributed by atoms with Gasteiger partial charge in [-0.1, -0.05) is 22.9 Å². The van der Waals surface area contributed by atoms with Gasteiger partial charge in [0.2, 0.25) is 0 Å². The first kappa shape index (κ1) is 21.2. The van der Waals surface area contributed by atoms with Crippen LogP contribution in [0.3, 0.4) is 0 Å². The molecule has 2 aromatic rings. The summed E-state index contributed by atoms with van der Waals surface area (Å²) in [6.07, 6.45) is 0.891. The average Bonchev–Trinajstić information content (AvgIpc) is 2.66. The van der Waals surface area contributed by atoms with Crippen LogP contribution < -0.4 is 20.3 Å². The van der Waals surface area contributed by atoms with Crippen molar-refractivity contribution in [2.24, 2.45) is 0 Å². The van der Waals surface area contributed by atoms with Crippen LogP contribution in [0.2, 0.25) is 0 Å². The van der Waals surface area contributed by atoms with Crippen LogP contribution in [0.5, 0.6) is 11.5 Å². The molecule has 0 heterocycles. The third-order valence-electron chi connectivity index (χ3n) is 3.47. The maximum absolute atomic E-state index is 12.1. The van der Waals surface area contributed by atoms with E-state index in [1.165, 1.54) is 0 Å². The number of amides is 2. The summed E-state index contributed by atoms with van der Waals surface area (Å²) in [5.41, 5.74) is 6.07. The van der Waals surface area contributed by atoms with E-state index in [0.717, 1.165) is 16.5 Å². The lowest BCUT2D eigenvalue weighted by atomic mass is 10.2. The first-order valence-corrected chi connectivity index (χ1v) is 9.89. The lowest BCUT2D eigenvalue weighted by Crippen LogP contribution is -2.43. The van der Waals surface area contributed by atoms with Crippen LogP contribution in [0.15, 0.2) is 45.3 Å². The standard InChI is InChI=1S/C19H20Br2N2O4/c1-3-8-26-17-7-4-13(10-16(17)21)19(25)23-22-18(24)11-27-14-5-6-15(20)12(2)9-14/h4-7,9-10H,3,8,11H2,1-2H3,(H,22,24)(H,23,25). The van der Waals surface area contributed by atoms with Crippen LogP contribution in [0.1, 0.15) is 29.3 Å². The summed E-state index contributed by atoms with van der Waals surface area (Å²) >= 11 is 6.77. The van der Waals surface area contributed by atoms with Crippen molar-refractivity contribution < 1.29 is 19.1 Å². The average molecular weight is 500 g/mol. The van der Waals surface area contributed by atoms with Gasteiger partial charge in [-0.2, -0.15) is 0 Å². The Bertz CT molecular complexity index is 827. The first-order chi connectivity index (χ1) is 12.9. The minimum atomic E-state index is -0.467. The topological polar surface area (TPSA) is 76.7 Å². The lowest BCUT2D eigenvalue weighted by molar-refractivity contribution is -0.123. The molecule has 2 aromatic carbocycles. The van der Waals surface area contributed by atoms with Crippen LogP contribution >= 0.6 is 31.9 Å². The normalized spacial score (nSPS) is 10.2. The summed E-state index contributed by atoms with van der Waals surface area (Å²) in [5, 5.41) is 0. The number of halogens is 2. The molecule has 0 fully saturated rings. The number of nitrogens with one attached hydrogen (secondary N) is 2. The summed E-state index contributed by atoms with van der Waals surface area (Å²) in [6, 6.07) is 10.4. The number of carbonyl (C=O) groups is 2. The molecule has 0 saturated carbocycles. The molecule has 0 bridgehead atoms. The molecule has 0 aliphatic rings. The molecule has 2 rings (SSSR count). The molecule has 0 saturated heterocycles. The minimum Gasteiger partial charge on any atom is -0.492 e. The Kier molecular flexibility index (Phi) is 8.12. The highest BCUT2D eigenvalue weighted by atomic mass is 79.9. The maximum Gasteiger partial charge on any atom is 0.276 e. The van der Waals surface area contributed by atoms with Crippen LogP contribution in [0.25, 0.3) is 0 Å². The van der Waals surface area contributed by atoms with Crippen LogP contribution in [-0.4, -0.2) is 25.0 Å². The van der Waals surface area contributed by atoms with Crippen molar-refractivity contribution in [2.45, 2.75) is 20.3 Å². The molecular weight excluding hydrogens is 480 g/mol. The Morgan fingerprint density at radius 2 is 1.78 bits per heavy atom. The van der Waals surface area contributed by atoms with Gasteiger partial charge in [0.15, 0.2) is 6.61 Å².